The van der Waals surface area contributed by atoms with E-state index in [4.69, 9.17) is 4.74 Å². The van der Waals surface area contributed by atoms with Crippen molar-refractivity contribution >= 4 is 23.5 Å². The van der Waals surface area contributed by atoms with Gasteiger partial charge < -0.3 is 10.1 Å². The summed E-state index contributed by atoms with van der Waals surface area (Å²) in [6.45, 7) is 6.06. The topological polar surface area (TPSA) is 50.7 Å². The molecule has 4 heteroatoms. The Labute approximate surface area is 165 Å². The number of nitrogens with one attached hydrogen (secondary N) is 1. The van der Waals surface area contributed by atoms with Crippen LogP contribution < -0.4 is 10.1 Å². The van der Waals surface area contributed by atoms with Gasteiger partial charge in [0.05, 0.1) is 5.69 Å². The summed E-state index contributed by atoms with van der Waals surface area (Å²) in [6, 6.07) is 21.3. The molecule has 0 aliphatic heterocycles. The summed E-state index contributed by atoms with van der Waals surface area (Å²) < 4.78 is 5.73. The van der Waals surface area contributed by atoms with Crippen LogP contribution in [0.1, 0.15) is 22.3 Å². The summed E-state index contributed by atoms with van der Waals surface area (Å²) in [7, 11) is 0. The first kappa shape index (κ1) is 19.4. The highest BCUT2D eigenvalue weighted by Gasteiger charge is 2.06. The molecule has 0 spiro atoms. The molecule has 3 rings (SSSR count). The van der Waals surface area contributed by atoms with Crippen molar-refractivity contribution in [3.8, 4) is 5.75 Å². The molecule has 1 N–H and O–H groups in total. The molecular weight excluding hydrogens is 348 g/mol. The molecule has 0 aliphatic rings. The van der Waals surface area contributed by atoms with Crippen molar-refractivity contribution in [3.63, 3.8) is 0 Å². The summed E-state index contributed by atoms with van der Waals surface area (Å²) in [5, 5.41) is 2.84. The van der Waals surface area contributed by atoms with Crippen LogP contribution in [0.2, 0.25) is 0 Å². The first-order valence-corrected chi connectivity index (χ1v) is 9.21. The predicted octanol–water partition coefficient (Wildman–Crippen LogP) is 5.38. The van der Waals surface area contributed by atoms with Gasteiger partial charge in [0.1, 0.15) is 5.75 Å². The van der Waals surface area contributed by atoms with E-state index in [9.17, 15) is 4.79 Å². The third kappa shape index (κ3) is 5.30. The fraction of sp³-hybridized carbons (Fsp3) is 0.167. The lowest BCUT2D eigenvalue weighted by Gasteiger charge is -2.10. The van der Waals surface area contributed by atoms with E-state index in [0.717, 1.165) is 22.5 Å². The van der Waals surface area contributed by atoms with Crippen LogP contribution in [0.3, 0.4) is 0 Å². The Morgan fingerprint density at radius 2 is 1.79 bits per heavy atom. The lowest BCUT2D eigenvalue weighted by Crippen LogP contribution is -2.20. The van der Waals surface area contributed by atoms with E-state index in [-0.39, 0.29) is 12.5 Å². The first-order valence-electron chi connectivity index (χ1n) is 9.21. The van der Waals surface area contributed by atoms with Crippen molar-refractivity contribution in [2.75, 3.05) is 11.9 Å². The van der Waals surface area contributed by atoms with Crippen LogP contribution in [0.5, 0.6) is 5.75 Å². The molecule has 1 amide bonds. The number of nitrogens with zero attached hydrogens (tertiary/aromatic N) is 1. The van der Waals surface area contributed by atoms with Gasteiger partial charge in [-0.1, -0.05) is 30.3 Å². The zero-order chi connectivity index (χ0) is 19.9. The van der Waals surface area contributed by atoms with Crippen molar-refractivity contribution in [1.82, 2.24) is 0 Å². The van der Waals surface area contributed by atoms with Gasteiger partial charge in [0.15, 0.2) is 6.61 Å². The largest absolute Gasteiger partial charge is 0.483 e. The number of hydrogen-bond donors (Lipinski definition) is 1. The molecule has 0 saturated heterocycles. The van der Waals surface area contributed by atoms with E-state index in [1.54, 1.807) is 6.21 Å². The van der Waals surface area contributed by atoms with Gasteiger partial charge in [0, 0.05) is 17.5 Å². The smallest absolute Gasteiger partial charge is 0.262 e. The van der Waals surface area contributed by atoms with Gasteiger partial charge in [-0.15, -0.1) is 0 Å². The summed E-state index contributed by atoms with van der Waals surface area (Å²) in [6.07, 6.45) is 1.76. The molecule has 0 radical (unpaired) electrons. The number of benzene rings is 3. The molecule has 0 fully saturated rings. The van der Waals surface area contributed by atoms with Gasteiger partial charge in [0.2, 0.25) is 0 Å². The lowest BCUT2D eigenvalue weighted by atomic mass is 10.1. The third-order valence-corrected chi connectivity index (χ3v) is 4.42. The SMILES string of the molecule is Cc1cccc(NC(=O)COc2ccccc2C=Nc2ccc(C)c(C)c2)c1. The number of rotatable bonds is 6. The number of anilines is 1. The number of para-hydroxylation sites is 1. The van der Waals surface area contributed by atoms with E-state index in [1.165, 1.54) is 11.1 Å². The second-order valence-corrected chi connectivity index (χ2v) is 6.77. The molecule has 0 atom stereocenters. The van der Waals surface area contributed by atoms with Crippen LogP contribution >= 0.6 is 0 Å². The van der Waals surface area contributed by atoms with Crippen LogP contribution in [0, 0.1) is 20.8 Å². The zero-order valence-electron chi connectivity index (χ0n) is 16.4. The standard InChI is InChI=1S/C24H24N2O2/c1-17-7-6-9-22(13-17)26-24(27)16-28-23-10-5-4-8-20(23)15-25-21-12-11-18(2)19(3)14-21/h4-15H,16H2,1-3H3,(H,26,27). The highest BCUT2D eigenvalue weighted by atomic mass is 16.5. The fourth-order valence-corrected chi connectivity index (χ4v) is 2.73. The fourth-order valence-electron chi connectivity index (χ4n) is 2.73. The Hall–Kier alpha value is -3.40. The second-order valence-electron chi connectivity index (χ2n) is 6.77. The first-order chi connectivity index (χ1) is 13.5. The zero-order valence-corrected chi connectivity index (χ0v) is 16.4. The Kier molecular flexibility index (Phi) is 6.22. The number of aryl methyl sites for hydroxylation is 3. The Balaban J connectivity index is 1.65. The van der Waals surface area contributed by atoms with Gasteiger partial charge >= 0.3 is 0 Å². The molecule has 0 bridgehead atoms. The Morgan fingerprint density at radius 1 is 0.964 bits per heavy atom. The molecule has 0 aliphatic carbocycles. The summed E-state index contributed by atoms with van der Waals surface area (Å²) in [5.41, 5.74) is 6.00. The lowest BCUT2D eigenvalue weighted by molar-refractivity contribution is -0.118. The Bertz CT molecular complexity index is 1010. The van der Waals surface area contributed by atoms with Crippen LogP contribution in [-0.4, -0.2) is 18.7 Å². The van der Waals surface area contributed by atoms with E-state index in [2.05, 4.69) is 30.2 Å². The monoisotopic (exact) mass is 372 g/mol. The number of ether oxygens (including phenoxy) is 1. The van der Waals surface area contributed by atoms with Gasteiger partial charge in [-0.2, -0.15) is 0 Å². The van der Waals surface area contributed by atoms with Gasteiger partial charge in [-0.3, -0.25) is 9.79 Å². The number of carbonyl (C=O) groups is 1. The molecule has 28 heavy (non-hydrogen) atoms. The average molecular weight is 372 g/mol. The molecule has 4 nitrogen and oxygen atoms in total. The maximum atomic E-state index is 12.2. The van der Waals surface area contributed by atoms with Crippen molar-refractivity contribution < 1.29 is 9.53 Å². The van der Waals surface area contributed by atoms with E-state index in [1.807, 2.05) is 67.6 Å². The highest BCUT2D eigenvalue weighted by molar-refractivity contribution is 5.92. The molecule has 0 aromatic heterocycles. The van der Waals surface area contributed by atoms with Gasteiger partial charge in [-0.05, 0) is 73.9 Å². The summed E-state index contributed by atoms with van der Waals surface area (Å²) in [5.74, 6) is 0.418. The molecule has 0 heterocycles. The van der Waals surface area contributed by atoms with E-state index < -0.39 is 0 Å². The summed E-state index contributed by atoms with van der Waals surface area (Å²) >= 11 is 0. The van der Waals surface area contributed by atoms with E-state index in [0.29, 0.717) is 5.75 Å². The van der Waals surface area contributed by atoms with Crippen LogP contribution in [-0.2, 0) is 4.79 Å². The quantitative estimate of drug-likeness (QED) is 0.591. The van der Waals surface area contributed by atoms with Crippen LogP contribution in [0.25, 0.3) is 0 Å². The van der Waals surface area contributed by atoms with Crippen molar-refractivity contribution in [2.45, 2.75) is 20.8 Å². The van der Waals surface area contributed by atoms with Crippen molar-refractivity contribution in [2.24, 2.45) is 4.99 Å². The van der Waals surface area contributed by atoms with E-state index >= 15 is 0 Å². The molecule has 142 valence electrons. The normalized spacial score (nSPS) is 10.8. The minimum Gasteiger partial charge on any atom is -0.483 e. The van der Waals surface area contributed by atoms with Gasteiger partial charge in [-0.25, -0.2) is 0 Å². The van der Waals surface area contributed by atoms with Crippen LogP contribution in [0.4, 0.5) is 11.4 Å². The predicted molar refractivity (Wildman–Crippen MR) is 115 cm³/mol. The Morgan fingerprint density at radius 3 is 2.57 bits per heavy atom. The minimum absolute atomic E-state index is 0.0670. The van der Waals surface area contributed by atoms with Gasteiger partial charge in [0.25, 0.3) is 5.91 Å². The molecule has 3 aromatic rings. The third-order valence-electron chi connectivity index (χ3n) is 4.42. The maximum Gasteiger partial charge on any atom is 0.262 e. The average Bonchev–Trinajstić information content (AvgIpc) is 2.68. The highest BCUT2D eigenvalue weighted by Crippen LogP contribution is 2.20. The van der Waals surface area contributed by atoms with Crippen molar-refractivity contribution in [3.05, 3.63) is 89.0 Å². The van der Waals surface area contributed by atoms with Crippen LogP contribution in [0.15, 0.2) is 71.7 Å². The maximum absolute atomic E-state index is 12.2. The number of hydrogen-bond acceptors (Lipinski definition) is 3. The second kappa shape index (κ2) is 9.00. The molecular formula is C24H24N2O2. The summed E-state index contributed by atoms with van der Waals surface area (Å²) in [4.78, 5) is 16.7. The number of amides is 1. The molecule has 0 unspecified atom stereocenters. The molecule has 3 aromatic carbocycles. The molecule has 0 saturated carbocycles. The minimum atomic E-state index is -0.202. The number of aliphatic imine (C=N–C) groups is 1. The van der Waals surface area contributed by atoms with Crippen molar-refractivity contribution in [1.29, 1.82) is 0 Å². The number of carbonyl (C=O) groups excluding carboxylic acids is 1.